The highest BCUT2D eigenvalue weighted by Gasteiger charge is 2.34. The van der Waals surface area contributed by atoms with Gasteiger partial charge in [-0.1, -0.05) is 23.7 Å². The topological polar surface area (TPSA) is 69.7 Å². The van der Waals surface area contributed by atoms with Crippen LogP contribution in [0.25, 0.3) is 0 Å². The third-order valence-corrected chi connectivity index (χ3v) is 5.89. The van der Waals surface area contributed by atoms with Crippen LogP contribution < -0.4 is 10.2 Å². The zero-order chi connectivity index (χ0) is 21.1. The van der Waals surface area contributed by atoms with E-state index in [0.717, 1.165) is 18.8 Å². The Morgan fingerprint density at radius 3 is 2.27 bits per heavy atom. The molecular weight excluding hydrogens is 402 g/mol. The van der Waals surface area contributed by atoms with E-state index in [1.165, 1.54) is 24.2 Å². The number of anilines is 2. The first-order valence-corrected chi connectivity index (χ1v) is 10.7. The molecule has 2 aromatic carbocycles. The van der Waals surface area contributed by atoms with Gasteiger partial charge in [-0.3, -0.25) is 19.3 Å². The number of piperidine rings is 1. The number of fused-ring (bicyclic) bond motifs is 1. The molecule has 156 valence electrons. The van der Waals surface area contributed by atoms with Gasteiger partial charge in [0, 0.05) is 31.7 Å². The molecule has 3 amide bonds. The third kappa shape index (κ3) is 4.19. The minimum Gasteiger partial charge on any atom is -0.370 e. The molecule has 0 radical (unpaired) electrons. The van der Waals surface area contributed by atoms with E-state index in [9.17, 15) is 14.4 Å². The largest absolute Gasteiger partial charge is 0.370 e. The van der Waals surface area contributed by atoms with Crippen molar-refractivity contribution in [1.82, 2.24) is 4.90 Å². The maximum absolute atomic E-state index is 12.4. The molecule has 0 bridgehead atoms. The van der Waals surface area contributed by atoms with E-state index in [1.807, 2.05) is 12.1 Å². The number of hydrogen-bond acceptors (Lipinski definition) is 4. The van der Waals surface area contributed by atoms with Gasteiger partial charge < -0.3 is 10.2 Å². The maximum Gasteiger partial charge on any atom is 0.261 e. The molecule has 0 saturated carbocycles. The van der Waals surface area contributed by atoms with Crippen LogP contribution >= 0.6 is 11.6 Å². The fourth-order valence-corrected chi connectivity index (χ4v) is 4.34. The number of hydrogen-bond donors (Lipinski definition) is 1. The summed E-state index contributed by atoms with van der Waals surface area (Å²) in [4.78, 5) is 40.5. The molecule has 2 aliphatic rings. The number of halogens is 1. The van der Waals surface area contributed by atoms with Gasteiger partial charge in [0.25, 0.3) is 11.8 Å². The van der Waals surface area contributed by atoms with Crippen molar-refractivity contribution in [2.24, 2.45) is 0 Å². The predicted octanol–water partition coefficient (Wildman–Crippen LogP) is 4.35. The van der Waals surface area contributed by atoms with E-state index in [2.05, 4.69) is 10.2 Å². The van der Waals surface area contributed by atoms with Gasteiger partial charge in [0.2, 0.25) is 5.91 Å². The Bertz CT molecular complexity index is 950. The van der Waals surface area contributed by atoms with Crippen LogP contribution in [-0.2, 0) is 4.79 Å². The summed E-state index contributed by atoms with van der Waals surface area (Å²) in [6.07, 6.45) is 4.20. The first-order chi connectivity index (χ1) is 14.5. The summed E-state index contributed by atoms with van der Waals surface area (Å²) in [6.45, 7) is 2.22. The van der Waals surface area contributed by atoms with E-state index < -0.39 is 0 Å². The molecule has 1 fully saturated rings. The van der Waals surface area contributed by atoms with Crippen LogP contribution in [0, 0.1) is 0 Å². The van der Waals surface area contributed by atoms with Gasteiger partial charge in [-0.2, -0.15) is 0 Å². The van der Waals surface area contributed by atoms with E-state index >= 15 is 0 Å². The average molecular weight is 426 g/mol. The number of imide groups is 1. The van der Waals surface area contributed by atoms with Crippen molar-refractivity contribution < 1.29 is 14.4 Å². The van der Waals surface area contributed by atoms with Crippen LogP contribution in [0.15, 0.2) is 42.5 Å². The highest BCUT2D eigenvalue weighted by Crippen LogP contribution is 2.31. The molecule has 30 heavy (non-hydrogen) atoms. The molecule has 0 unspecified atom stereocenters. The lowest BCUT2D eigenvalue weighted by Crippen LogP contribution is -2.31. The van der Waals surface area contributed by atoms with Gasteiger partial charge in [-0.25, -0.2) is 0 Å². The molecule has 2 heterocycles. The predicted molar refractivity (Wildman–Crippen MR) is 117 cm³/mol. The number of rotatable bonds is 6. The second-order valence-electron chi connectivity index (χ2n) is 7.67. The summed E-state index contributed by atoms with van der Waals surface area (Å²) < 4.78 is 0. The number of benzene rings is 2. The molecule has 0 aliphatic carbocycles. The fourth-order valence-electron chi connectivity index (χ4n) is 4.04. The summed E-state index contributed by atoms with van der Waals surface area (Å²) in [5.41, 5.74) is 2.50. The summed E-state index contributed by atoms with van der Waals surface area (Å²) in [6, 6.07) is 12.4. The average Bonchev–Trinajstić information content (AvgIpc) is 2.99. The van der Waals surface area contributed by atoms with E-state index in [0.29, 0.717) is 28.3 Å². The molecule has 1 N–H and O–H groups in total. The van der Waals surface area contributed by atoms with Crippen molar-refractivity contribution >= 4 is 40.7 Å². The number of carbonyl (C=O) groups excluding carboxylic acids is 3. The lowest BCUT2D eigenvalue weighted by molar-refractivity contribution is -0.116. The SMILES string of the molecule is O=C(CCCN1C(=O)c2ccccc2C1=O)Nc1ccc(N2CCCCC2)c(Cl)c1. The highest BCUT2D eigenvalue weighted by atomic mass is 35.5. The monoisotopic (exact) mass is 425 g/mol. The molecule has 0 aromatic heterocycles. The van der Waals surface area contributed by atoms with Crippen molar-refractivity contribution in [3.8, 4) is 0 Å². The lowest BCUT2D eigenvalue weighted by Gasteiger charge is -2.29. The fraction of sp³-hybridized carbons (Fsp3) is 0.348. The molecule has 0 atom stereocenters. The van der Waals surface area contributed by atoms with Gasteiger partial charge in [0.15, 0.2) is 0 Å². The number of amides is 3. The highest BCUT2D eigenvalue weighted by molar-refractivity contribution is 6.33. The van der Waals surface area contributed by atoms with E-state index in [4.69, 9.17) is 11.6 Å². The molecule has 6 nitrogen and oxygen atoms in total. The van der Waals surface area contributed by atoms with Gasteiger partial charge >= 0.3 is 0 Å². The quantitative estimate of drug-likeness (QED) is 0.699. The van der Waals surface area contributed by atoms with E-state index in [1.54, 1.807) is 30.3 Å². The summed E-state index contributed by atoms with van der Waals surface area (Å²) in [7, 11) is 0. The smallest absolute Gasteiger partial charge is 0.261 e. The standard InChI is InChI=1S/C23H24ClN3O3/c24-19-15-16(10-11-20(19)26-12-4-1-5-13-26)25-21(28)9-6-14-27-22(29)17-7-2-3-8-18(17)23(27)30/h2-3,7-8,10-11,15H,1,4-6,9,12-14H2,(H,25,28). The Labute approximate surface area is 180 Å². The van der Waals surface area contributed by atoms with Crippen molar-refractivity contribution in [2.45, 2.75) is 32.1 Å². The Kier molecular flexibility index (Phi) is 6.04. The zero-order valence-corrected chi connectivity index (χ0v) is 17.5. The minimum atomic E-state index is -0.295. The van der Waals surface area contributed by atoms with Crippen LogP contribution in [0.4, 0.5) is 11.4 Å². The Hall–Kier alpha value is -2.86. The number of carbonyl (C=O) groups is 3. The van der Waals surface area contributed by atoms with Crippen LogP contribution in [0.2, 0.25) is 5.02 Å². The van der Waals surface area contributed by atoms with Crippen LogP contribution in [0.1, 0.15) is 52.8 Å². The molecule has 2 aromatic rings. The van der Waals surface area contributed by atoms with Crippen molar-refractivity contribution in [3.05, 3.63) is 58.6 Å². The summed E-state index contributed by atoms with van der Waals surface area (Å²) in [5.74, 6) is -0.763. The molecule has 2 aliphatic heterocycles. The summed E-state index contributed by atoms with van der Waals surface area (Å²) in [5, 5.41) is 3.47. The van der Waals surface area contributed by atoms with Crippen LogP contribution in [-0.4, -0.2) is 42.3 Å². The van der Waals surface area contributed by atoms with Crippen LogP contribution in [0.3, 0.4) is 0 Å². The van der Waals surface area contributed by atoms with Gasteiger partial charge in [-0.05, 0) is 56.0 Å². The van der Waals surface area contributed by atoms with Gasteiger partial charge in [-0.15, -0.1) is 0 Å². The third-order valence-electron chi connectivity index (χ3n) is 5.59. The van der Waals surface area contributed by atoms with Crippen molar-refractivity contribution in [2.75, 3.05) is 29.9 Å². The lowest BCUT2D eigenvalue weighted by atomic mass is 10.1. The second kappa shape index (κ2) is 8.88. The Morgan fingerprint density at radius 1 is 0.967 bits per heavy atom. The van der Waals surface area contributed by atoms with Gasteiger partial charge in [0.05, 0.1) is 21.8 Å². The molecule has 1 saturated heterocycles. The maximum atomic E-state index is 12.4. The second-order valence-corrected chi connectivity index (χ2v) is 8.08. The van der Waals surface area contributed by atoms with Crippen LogP contribution in [0.5, 0.6) is 0 Å². The molecule has 0 spiro atoms. The minimum absolute atomic E-state index is 0.173. The normalized spacial score (nSPS) is 16.0. The number of nitrogens with one attached hydrogen (secondary N) is 1. The first kappa shape index (κ1) is 20.4. The van der Waals surface area contributed by atoms with E-state index in [-0.39, 0.29) is 30.7 Å². The van der Waals surface area contributed by atoms with Gasteiger partial charge in [0.1, 0.15) is 0 Å². The zero-order valence-electron chi connectivity index (χ0n) is 16.7. The number of nitrogens with zero attached hydrogens (tertiary/aromatic N) is 2. The Morgan fingerprint density at radius 2 is 1.63 bits per heavy atom. The molecular formula is C23H24ClN3O3. The molecule has 4 rings (SSSR count). The summed E-state index contributed by atoms with van der Waals surface area (Å²) >= 11 is 6.44. The van der Waals surface area contributed by atoms with Crippen molar-refractivity contribution in [1.29, 1.82) is 0 Å². The van der Waals surface area contributed by atoms with Crippen molar-refractivity contribution in [3.63, 3.8) is 0 Å². The Balaban J connectivity index is 1.29. The molecule has 7 heteroatoms. The first-order valence-electron chi connectivity index (χ1n) is 10.3.